The van der Waals surface area contributed by atoms with Gasteiger partial charge in [0, 0.05) is 34.6 Å². The number of anilines is 1. The number of nitrogens with one attached hydrogen (secondary N) is 1. The average Bonchev–Trinajstić information content (AvgIpc) is 2.91. The smallest absolute Gasteiger partial charge is 0.416 e. The van der Waals surface area contributed by atoms with Gasteiger partial charge in [-0.25, -0.2) is 13.6 Å². The molecule has 4 nitrogen and oxygen atoms in total. The van der Waals surface area contributed by atoms with Crippen molar-refractivity contribution in [2.75, 3.05) is 12.4 Å². The number of halogens is 5. The largest absolute Gasteiger partial charge is 0.465 e. The number of pyridine rings is 1. The Labute approximate surface area is 222 Å². The number of methoxy groups -OCH3 is 1. The van der Waals surface area contributed by atoms with E-state index in [1.165, 1.54) is 67.8 Å². The van der Waals surface area contributed by atoms with Crippen molar-refractivity contribution < 1.29 is 31.5 Å². The fourth-order valence-corrected chi connectivity index (χ4v) is 4.32. The molecule has 0 fully saturated rings. The summed E-state index contributed by atoms with van der Waals surface area (Å²) >= 11 is 0. The van der Waals surface area contributed by atoms with Crippen molar-refractivity contribution in [2.24, 2.45) is 0 Å². The van der Waals surface area contributed by atoms with Gasteiger partial charge in [0.05, 0.1) is 23.9 Å². The molecular formula is C30H25F5N2O2. The van der Waals surface area contributed by atoms with Crippen molar-refractivity contribution in [1.29, 1.82) is 0 Å². The summed E-state index contributed by atoms with van der Waals surface area (Å²) in [6, 6.07) is 15.7. The number of esters is 1. The van der Waals surface area contributed by atoms with Gasteiger partial charge in [0.2, 0.25) is 0 Å². The minimum Gasteiger partial charge on any atom is -0.465 e. The second kappa shape index (κ2) is 11.2. The van der Waals surface area contributed by atoms with Gasteiger partial charge in [0.15, 0.2) is 0 Å². The normalized spacial score (nSPS) is 11.5. The molecule has 1 N–H and O–H groups in total. The predicted molar refractivity (Wildman–Crippen MR) is 139 cm³/mol. The molecule has 1 aromatic heterocycles. The standard InChI is InChI=1S/C30H25F5N2O2/c1-17(2)27-24(16-36-23-14-8-20(9-15-23)30(33,34)35)25(18-4-10-21(31)11-5-18)26(29(38)39-3)28(37-27)19-6-12-22(32)13-7-19/h4-15,17,36H,16H2,1-3H3. The van der Waals surface area contributed by atoms with Crippen LogP contribution in [0.1, 0.15) is 46.9 Å². The molecule has 0 bridgehead atoms. The highest BCUT2D eigenvalue weighted by molar-refractivity contribution is 6.04. The molecule has 202 valence electrons. The van der Waals surface area contributed by atoms with Crippen LogP contribution in [-0.4, -0.2) is 18.1 Å². The third-order valence-electron chi connectivity index (χ3n) is 6.20. The quantitative estimate of drug-likeness (QED) is 0.190. The van der Waals surface area contributed by atoms with Crippen LogP contribution in [0.2, 0.25) is 0 Å². The Balaban J connectivity index is 1.94. The lowest BCUT2D eigenvalue weighted by Gasteiger charge is -2.23. The second-order valence-electron chi connectivity index (χ2n) is 9.16. The van der Waals surface area contributed by atoms with E-state index < -0.39 is 29.3 Å². The topological polar surface area (TPSA) is 51.2 Å². The minimum atomic E-state index is -4.46. The van der Waals surface area contributed by atoms with Crippen molar-refractivity contribution in [3.05, 3.63) is 107 Å². The zero-order valence-electron chi connectivity index (χ0n) is 21.4. The molecule has 0 unspecified atom stereocenters. The van der Waals surface area contributed by atoms with Crippen molar-refractivity contribution in [2.45, 2.75) is 32.5 Å². The van der Waals surface area contributed by atoms with Crippen LogP contribution in [0.25, 0.3) is 22.4 Å². The minimum absolute atomic E-state index is 0.0896. The maximum absolute atomic E-state index is 13.9. The van der Waals surface area contributed by atoms with Crippen LogP contribution in [0.4, 0.5) is 27.6 Å². The van der Waals surface area contributed by atoms with E-state index in [2.05, 4.69) is 5.32 Å². The van der Waals surface area contributed by atoms with E-state index in [0.717, 1.165) is 12.1 Å². The summed E-state index contributed by atoms with van der Waals surface area (Å²) in [5, 5.41) is 3.12. The molecule has 0 aliphatic rings. The number of nitrogens with zero attached hydrogens (tertiary/aromatic N) is 1. The van der Waals surface area contributed by atoms with Crippen LogP contribution in [0.3, 0.4) is 0 Å². The number of carbonyl (C=O) groups is 1. The molecule has 0 spiro atoms. The van der Waals surface area contributed by atoms with Gasteiger partial charge in [-0.3, -0.25) is 4.98 Å². The molecule has 0 aliphatic heterocycles. The fraction of sp³-hybridized carbons (Fsp3) is 0.200. The monoisotopic (exact) mass is 540 g/mol. The Kier molecular flexibility index (Phi) is 7.99. The summed E-state index contributed by atoms with van der Waals surface area (Å²) in [4.78, 5) is 18.1. The van der Waals surface area contributed by atoms with Gasteiger partial charge in [-0.15, -0.1) is 0 Å². The Morgan fingerprint density at radius 2 is 1.41 bits per heavy atom. The number of ether oxygens (including phenoxy) is 1. The van der Waals surface area contributed by atoms with Crippen LogP contribution in [0.5, 0.6) is 0 Å². The number of hydrogen-bond donors (Lipinski definition) is 1. The highest BCUT2D eigenvalue weighted by atomic mass is 19.4. The fourth-order valence-electron chi connectivity index (χ4n) is 4.32. The predicted octanol–water partition coefficient (Wildman–Crippen LogP) is 8.23. The molecule has 3 aromatic carbocycles. The van der Waals surface area contributed by atoms with Gasteiger partial charge in [0.1, 0.15) is 11.6 Å². The van der Waals surface area contributed by atoms with Crippen LogP contribution >= 0.6 is 0 Å². The molecule has 39 heavy (non-hydrogen) atoms. The number of carbonyl (C=O) groups excluding carboxylic acids is 1. The Morgan fingerprint density at radius 1 is 0.872 bits per heavy atom. The molecule has 1 heterocycles. The SMILES string of the molecule is COC(=O)c1c(-c2ccc(F)cc2)nc(C(C)C)c(CNc2ccc(C(F)(F)F)cc2)c1-c1ccc(F)cc1. The molecule has 0 amide bonds. The van der Waals surface area contributed by atoms with Crippen LogP contribution < -0.4 is 5.32 Å². The van der Waals surface area contributed by atoms with Crippen LogP contribution in [0, 0.1) is 11.6 Å². The zero-order chi connectivity index (χ0) is 28.3. The molecule has 4 rings (SSSR count). The van der Waals surface area contributed by atoms with Crippen molar-refractivity contribution in [1.82, 2.24) is 4.98 Å². The molecule has 0 aliphatic carbocycles. The van der Waals surface area contributed by atoms with Gasteiger partial charge < -0.3 is 10.1 Å². The first kappa shape index (κ1) is 27.8. The highest BCUT2D eigenvalue weighted by Crippen LogP contribution is 2.39. The lowest BCUT2D eigenvalue weighted by Crippen LogP contribution is -2.16. The lowest BCUT2D eigenvalue weighted by molar-refractivity contribution is -0.137. The number of hydrogen-bond acceptors (Lipinski definition) is 4. The Bertz CT molecular complexity index is 1460. The molecule has 0 saturated carbocycles. The third-order valence-corrected chi connectivity index (χ3v) is 6.20. The number of benzene rings is 3. The highest BCUT2D eigenvalue weighted by Gasteiger charge is 2.30. The van der Waals surface area contributed by atoms with E-state index in [0.29, 0.717) is 33.6 Å². The summed E-state index contributed by atoms with van der Waals surface area (Å²) in [5.74, 6) is -1.79. The van der Waals surface area contributed by atoms with Gasteiger partial charge in [-0.05, 0) is 72.1 Å². The summed E-state index contributed by atoms with van der Waals surface area (Å²) in [6.07, 6.45) is -4.46. The molecular weight excluding hydrogens is 515 g/mol. The third kappa shape index (κ3) is 6.08. The number of rotatable bonds is 7. The van der Waals surface area contributed by atoms with Crippen molar-refractivity contribution in [3.63, 3.8) is 0 Å². The van der Waals surface area contributed by atoms with Gasteiger partial charge in [-0.1, -0.05) is 26.0 Å². The molecule has 0 saturated heterocycles. The van der Waals surface area contributed by atoms with Gasteiger partial charge >= 0.3 is 12.1 Å². The number of aromatic nitrogens is 1. The summed E-state index contributed by atoms with van der Waals surface area (Å²) in [7, 11) is 1.22. The average molecular weight is 541 g/mol. The summed E-state index contributed by atoms with van der Waals surface area (Å²) in [5.41, 5.74) is 2.61. The maximum Gasteiger partial charge on any atom is 0.416 e. The maximum atomic E-state index is 13.9. The van der Waals surface area contributed by atoms with E-state index in [4.69, 9.17) is 9.72 Å². The van der Waals surface area contributed by atoms with Crippen LogP contribution in [0.15, 0.2) is 72.8 Å². The second-order valence-corrected chi connectivity index (χ2v) is 9.16. The molecule has 4 aromatic rings. The van der Waals surface area contributed by atoms with Gasteiger partial charge in [-0.2, -0.15) is 13.2 Å². The Hall–Kier alpha value is -4.27. The zero-order valence-corrected chi connectivity index (χ0v) is 21.4. The van der Waals surface area contributed by atoms with E-state index in [1.54, 1.807) is 0 Å². The first-order chi connectivity index (χ1) is 18.5. The summed E-state index contributed by atoms with van der Waals surface area (Å²) in [6.45, 7) is 3.90. The Morgan fingerprint density at radius 3 is 1.90 bits per heavy atom. The van der Waals surface area contributed by atoms with E-state index >= 15 is 0 Å². The molecule has 9 heteroatoms. The van der Waals surface area contributed by atoms with E-state index in [9.17, 15) is 26.7 Å². The van der Waals surface area contributed by atoms with E-state index in [-0.39, 0.29) is 23.7 Å². The van der Waals surface area contributed by atoms with Crippen molar-refractivity contribution in [3.8, 4) is 22.4 Å². The van der Waals surface area contributed by atoms with Gasteiger partial charge in [0.25, 0.3) is 0 Å². The molecule has 0 radical (unpaired) electrons. The van der Waals surface area contributed by atoms with Crippen LogP contribution in [-0.2, 0) is 17.5 Å². The van der Waals surface area contributed by atoms with Crippen molar-refractivity contribution >= 4 is 11.7 Å². The lowest BCUT2D eigenvalue weighted by atomic mass is 9.87. The molecule has 0 atom stereocenters. The first-order valence-electron chi connectivity index (χ1n) is 12.1. The summed E-state index contributed by atoms with van der Waals surface area (Å²) < 4.78 is 71.7. The number of alkyl halides is 3. The first-order valence-corrected chi connectivity index (χ1v) is 12.1. The van der Waals surface area contributed by atoms with E-state index in [1.807, 2.05) is 13.8 Å².